The van der Waals surface area contributed by atoms with Gasteiger partial charge >= 0.3 is 5.97 Å². The van der Waals surface area contributed by atoms with Crippen molar-refractivity contribution in [2.24, 2.45) is 5.92 Å². The van der Waals surface area contributed by atoms with E-state index in [1.807, 2.05) is 26.0 Å². The van der Waals surface area contributed by atoms with E-state index in [0.717, 1.165) is 5.56 Å². The number of anilines is 1. The molecule has 0 fully saturated rings. The Bertz CT molecular complexity index is 1480. The molecule has 2 aromatic carbocycles. The average molecular weight is 591 g/mol. The number of amides is 4. The fourth-order valence-corrected chi connectivity index (χ4v) is 4.94. The minimum Gasteiger partial charge on any atom is -0.481 e. The number of tetrazole rings is 1. The number of aliphatic carboxylic acids is 1. The Morgan fingerprint density at radius 2 is 1.79 bits per heavy atom. The Balaban J connectivity index is 1.40. The van der Waals surface area contributed by atoms with Gasteiger partial charge in [0.15, 0.2) is 5.82 Å². The highest BCUT2D eigenvalue weighted by atomic mass is 16.4. The number of carboxylic acids is 1. The van der Waals surface area contributed by atoms with Crippen molar-refractivity contribution < 1.29 is 29.1 Å². The fraction of sp³-hybridized carbons (Fsp3) is 0.379. The van der Waals surface area contributed by atoms with Crippen LogP contribution in [0.25, 0.3) is 0 Å². The van der Waals surface area contributed by atoms with Gasteiger partial charge in [0.25, 0.3) is 0 Å². The molecule has 14 heteroatoms. The van der Waals surface area contributed by atoms with Crippen LogP contribution in [0.2, 0.25) is 0 Å². The van der Waals surface area contributed by atoms with E-state index in [-0.39, 0.29) is 31.8 Å². The molecule has 1 aromatic heterocycles. The number of para-hydroxylation sites is 1. The number of hydrogen-bond acceptors (Lipinski definition) is 8. The second kappa shape index (κ2) is 14.2. The molecule has 1 aliphatic rings. The summed E-state index contributed by atoms with van der Waals surface area (Å²) in [6.07, 6.45) is 0.678. The van der Waals surface area contributed by atoms with Gasteiger partial charge in [-0.1, -0.05) is 67.9 Å². The van der Waals surface area contributed by atoms with Crippen LogP contribution in [0.4, 0.5) is 5.69 Å². The van der Waals surface area contributed by atoms with Crippen LogP contribution in [0.3, 0.4) is 0 Å². The van der Waals surface area contributed by atoms with Gasteiger partial charge < -0.3 is 21.1 Å². The van der Waals surface area contributed by atoms with Gasteiger partial charge in [-0.15, -0.1) is 10.2 Å². The van der Waals surface area contributed by atoms with Crippen LogP contribution in [0.15, 0.2) is 48.5 Å². The average Bonchev–Trinajstić information content (AvgIpc) is 3.65. The highest BCUT2D eigenvalue weighted by Gasteiger charge is 2.38. The molecule has 3 atom stereocenters. The zero-order chi connectivity index (χ0) is 30.9. The first kappa shape index (κ1) is 30.8. The number of nitrogens with zero attached hydrogens (tertiary/aromatic N) is 4. The van der Waals surface area contributed by atoms with Gasteiger partial charge in [-0.25, -0.2) is 0 Å². The van der Waals surface area contributed by atoms with Crippen LogP contribution < -0.4 is 20.9 Å². The summed E-state index contributed by atoms with van der Waals surface area (Å²) >= 11 is 0. The van der Waals surface area contributed by atoms with Crippen LogP contribution in [0, 0.1) is 5.92 Å². The second-order valence-electron chi connectivity index (χ2n) is 10.4. The van der Waals surface area contributed by atoms with Crippen LogP contribution >= 0.6 is 0 Å². The van der Waals surface area contributed by atoms with E-state index >= 15 is 0 Å². The zero-order valence-corrected chi connectivity index (χ0v) is 23.9. The highest BCUT2D eigenvalue weighted by Crippen LogP contribution is 2.32. The summed E-state index contributed by atoms with van der Waals surface area (Å²) in [7, 11) is 0. The number of H-pyrrole nitrogens is 1. The van der Waals surface area contributed by atoms with Crippen molar-refractivity contribution in [3.8, 4) is 0 Å². The largest absolute Gasteiger partial charge is 0.481 e. The normalized spacial score (nSPS) is 15.2. The number of hydrogen-bond donors (Lipinski definition) is 5. The van der Waals surface area contributed by atoms with Gasteiger partial charge in [0.2, 0.25) is 23.6 Å². The predicted molar refractivity (Wildman–Crippen MR) is 153 cm³/mol. The maximum absolute atomic E-state index is 13.5. The fourth-order valence-electron chi connectivity index (χ4n) is 4.94. The maximum Gasteiger partial charge on any atom is 0.307 e. The van der Waals surface area contributed by atoms with Crippen molar-refractivity contribution in [1.29, 1.82) is 0 Å². The number of carbonyl (C=O) groups excluding carboxylic acids is 4. The standard InChI is InChI=1S/C29H34N8O6/c1-3-17(2)27(32-24(38)12-18-7-6-8-19(11-18)13-26(40)41)29(43)31-16-25(39)37-21-10-5-4-9-20(21)14-22(37)28(42)30-15-23-33-35-36-34-23/h4-11,17,22,27H,3,12-16H2,1-2H3,(H,30,42)(H,31,43)(H,32,38)(H,40,41)(H,33,34,35,36)/t17?,22-,27?/m0/s1. The third-order valence-corrected chi connectivity index (χ3v) is 7.29. The number of rotatable bonds is 13. The molecule has 43 heavy (non-hydrogen) atoms. The first-order valence-corrected chi connectivity index (χ1v) is 13.9. The second-order valence-corrected chi connectivity index (χ2v) is 10.4. The lowest BCUT2D eigenvalue weighted by molar-refractivity contribution is -0.136. The first-order chi connectivity index (χ1) is 20.7. The lowest BCUT2D eigenvalue weighted by Gasteiger charge is -2.27. The summed E-state index contributed by atoms with van der Waals surface area (Å²) in [5.41, 5.74) is 2.58. The number of nitrogens with one attached hydrogen (secondary N) is 4. The van der Waals surface area contributed by atoms with Crippen LogP contribution in [-0.4, -0.2) is 74.0 Å². The third-order valence-electron chi connectivity index (χ3n) is 7.29. The van der Waals surface area contributed by atoms with E-state index in [1.54, 1.807) is 36.4 Å². The summed E-state index contributed by atoms with van der Waals surface area (Å²) in [6, 6.07) is 12.1. The number of aromatic nitrogens is 4. The number of fused-ring (bicyclic) bond motifs is 1. The zero-order valence-electron chi connectivity index (χ0n) is 23.9. The van der Waals surface area contributed by atoms with Gasteiger partial charge in [-0.3, -0.25) is 28.9 Å². The first-order valence-electron chi connectivity index (χ1n) is 13.9. The van der Waals surface area contributed by atoms with Crippen molar-refractivity contribution in [2.75, 3.05) is 11.4 Å². The molecule has 2 unspecified atom stereocenters. The van der Waals surface area contributed by atoms with E-state index in [4.69, 9.17) is 5.11 Å². The van der Waals surface area contributed by atoms with Gasteiger partial charge in [0.05, 0.1) is 25.9 Å². The van der Waals surface area contributed by atoms with Crippen molar-refractivity contribution in [3.63, 3.8) is 0 Å². The van der Waals surface area contributed by atoms with E-state index in [9.17, 15) is 24.0 Å². The van der Waals surface area contributed by atoms with Crippen LogP contribution in [0.5, 0.6) is 0 Å². The molecule has 5 N–H and O–H groups in total. The molecule has 0 saturated heterocycles. The van der Waals surface area contributed by atoms with Gasteiger partial charge in [-0.2, -0.15) is 5.21 Å². The summed E-state index contributed by atoms with van der Waals surface area (Å²) in [5.74, 6) is -2.75. The monoisotopic (exact) mass is 590 g/mol. The van der Waals surface area contributed by atoms with E-state index < -0.39 is 41.7 Å². The summed E-state index contributed by atoms with van der Waals surface area (Å²) < 4.78 is 0. The van der Waals surface area contributed by atoms with Crippen molar-refractivity contribution in [2.45, 2.75) is 58.2 Å². The minimum atomic E-state index is -0.974. The maximum atomic E-state index is 13.5. The quantitative estimate of drug-likeness (QED) is 0.186. The molecule has 226 valence electrons. The lowest BCUT2D eigenvalue weighted by atomic mass is 9.97. The SMILES string of the molecule is CCC(C)C(NC(=O)Cc1cccc(CC(=O)O)c1)C(=O)NCC(=O)N1c2ccccc2C[C@H]1C(=O)NCc1nn[nH]n1. The lowest BCUT2D eigenvalue weighted by Crippen LogP contribution is -2.54. The van der Waals surface area contributed by atoms with Crippen LogP contribution in [-0.2, 0) is 49.8 Å². The number of carbonyl (C=O) groups is 5. The Kier molecular flexibility index (Phi) is 10.1. The van der Waals surface area contributed by atoms with Crippen molar-refractivity contribution in [3.05, 3.63) is 71.0 Å². The molecule has 2 heterocycles. The number of benzene rings is 2. The molecule has 4 rings (SSSR count). The highest BCUT2D eigenvalue weighted by molar-refractivity contribution is 6.05. The summed E-state index contributed by atoms with van der Waals surface area (Å²) in [6.45, 7) is 3.35. The van der Waals surface area contributed by atoms with Gasteiger partial charge in [0.1, 0.15) is 12.1 Å². The minimum absolute atomic E-state index is 0.0289. The molecule has 1 aliphatic heterocycles. The molecule has 0 saturated carbocycles. The topological polar surface area (TPSA) is 199 Å². The number of carboxylic acid groups (broad SMARTS) is 1. The Morgan fingerprint density at radius 1 is 1.05 bits per heavy atom. The molecule has 4 amide bonds. The van der Waals surface area contributed by atoms with E-state index in [1.165, 1.54) is 4.90 Å². The van der Waals surface area contributed by atoms with Crippen LogP contribution in [0.1, 0.15) is 42.8 Å². The molecule has 3 aromatic rings. The molecule has 0 bridgehead atoms. The Hall–Kier alpha value is -5.14. The van der Waals surface area contributed by atoms with E-state index in [2.05, 4.69) is 36.6 Å². The smallest absolute Gasteiger partial charge is 0.307 e. The number of aromatic amines is 1. The Morgan fingerprint density at radius 3 is 2.49 bits per heavy atom. The third kappa shape index (κ3) is 7.99. The summed E-state index contributed by atoms with van der Waals surface area (Å²) in [4.78, 5) is 65.1. The molecular formula is C29H34N8O6. The molecule has 0 aliphatic carbocycles. The molecule has 0 radical (unpaired) electrons. The molecule has 14 nitrogen and oxygen atoms in total. The van der Waals surface area contributed by atoms with Crippen molar-refractivity contribution >= 4 is 35.3 Å². The van der Waals surface area contributed by atoms with Gasteiger partial charge in [-0.05, 0) is 28.7 Å². The molecular weight excluding hydrogens is 556 g/mol. The predicted octanol–water partition coefficient (Wildman–Crippen LogP) is 0.291. The van der Waals surface area contributed by atoms with E-state index in [0.29, 0.717) is 35.5 Å². The van der Waals surface area contributed by atoms with Crippen molar-refractivity contribution in [1.82, 2.24) is 36.6 Å². The summed E-state index contributed by atoms with van der Waals surface area (Å²) in [5, 5.41) is 30.6. The molecule has 0 spiro atoms. The Labute approximate surface area is 247 Å². The van der Waals surface area contributed by atoms with Gasteiger partial charge in [0, 0.05) is 12.1 Å².